The van der Waals surface area contributed by atoms with Crippen LogP contribution in [0.5, 0.6) is 0 Å². The Labute approximate surface area is 83.6 Å². The first-order chi connectivity index (χ1) is 6.45. The van der Waals surface area contributed by atoms with Gasteiger partial charge in [0.25, 0.3) is 0 Å². The molecule has 3 N–H and O–H groups in total. The standard InChI is InChI=1S/C11H15NO2/c1-11(2,14)9-5-3-4-8(6-9)10(13)7-12/h3-6,14H,7,12H2,1-2H3. The third kappa shape index (κ3) is 2.40. The number of carbonyl (C=O) groups excluding carboxylic acids is 1. The predicted octanol–water partition coefficient (Wildman–Crippen LogP) is 1.06. The zero-order chi connectivity index (χ0) is 10.8. The van der Waals surface area contributed by atoms with Crippen molar-refractivity contribution in [2.75, 3.05) is 6.54 Å². The monoisotopic (exact) mass is 193 g/mol. The van der Waals surface area contributed by atoms with E-state index in [1.165, 1.54) is 0 Å². The number of carbonyl (C=O) groups is 1. The molecule has 0 fully saturated rings. The molecule has 3 nitrogen and oxygen atoms in total. The summed E-state index contributed by atoms with van der Waals surface area (Å²) in [6.07, 6.45) is 0. The maximum atomic E-state index is 11.3. The zero-order valence-corrected chi connectivity index (χ0v) is 8.45. The molecule has 0 amide bonds. The fraction of sp³-hybridized carbons (Fsp3) is 0.364. The van der Waals surface area contributed by atoms with Gasteiger partial charge in [0.15, 0.2) is 5.78 Å². The van der Waals surface area contributed by atoms with Gasteiger partial charge >= 0.3 is 0 Å². The lowest BCUT2D eigenvalue weighted by atomic mass is 9.95. The molecule has 0 radical (unpaired) electrons. The molecule has 0 bridgehead atoms. The van der Waals surface area contributed by atoms with Gasteiger partial charge in [0.1, 0.15) is 0 Å². The predicted molar refractivity (Wildman–Crippen MR) is 55.1 cm³/mol. The number of benzene rings is 1. The summed E-state index contributed by atoms with van der Waals surface area (Å²) in [5, 5.41) is 9.73. The highest BCUT2D eigenvalue weighted by Crippen LogP contribution is 2.20. The first-order valence-corrected chi connectivity index (χ1v) is 4.51. The normalized spacial score (nSPS) is 11.4. The van der Waals surface area contributed by atoms with Crippen LogP contribution in [0, 0.1) is 0 Å². The van der Waals surface area contributed by atoms with Crippen molar-refractivity contribution in [3.63, 3.8) is 0 Å². The van der Waals surface area contributed by atoms with Crippen LogP contribution < -0.4 is 5.73 Å². The van der Waals surface area contributed by atoms with Crippen LogP contribution in [0.15, 0.2) is 24.3 Å². The molecule has 14 heavy (non-hydrogen) atoms. The number of ketones is 1. The topological polar surface area (TPSA) is 63.3 Å². The summed E-state index contributed by atoms with van der Waals surface area (Å²) in [6.45, 7) is 3.35. The molecule has 0 unspecified atom stereocenters. The minimum absolute atomic E-state index is 0.00465. The van der Waals surface area contributed by atoms with Gasteiger partial charge in [0, 0.05) is 5.56 Å². The Hall–Kier alpha value is -1.19. The molecule has 0 aromatic heterocycles. The molecule has 0 spiro atoms. The first kappa shape index (κ1) is 10.9. The summed E-state index contributed by atoms with van der Waals surface area (Å²) in [4.78, 5) is 11.3. The number of nitrogens with two attached hydrogens (primary N) is 1. The SMILES string of the molecule is CC(C)(O)c1cccc(C(=O)CN)c1. The molecule has 1 rings (SSSR count). The average molecular weight is 193 g/mol. The minimum Gasteiger partial charge on any atom is -0.386 e. The third-order valence-corrected chi connectivity index (χ3v) is 2.08. The molecule has 0 saturated carbocycles. The highest BCUT2D eigenvalue weighted by atomic mass is 16.3. The number of Topliss-reactive ketones (excluding diaryl/α,β-unsaturated/α-hetero) is 1. The quantitative estimate of drug-likeness (QED) is 0.705. The average Bonchev–Trinajstić information content (AvgIpc) is 2.15. The first-order valence-electron chi connectivity index (χ1n) is 4.51. The smallest absolute Gasteiger partial charge is 0.176 e. The van der Waals surface area contributed by atoms with Crippen LogP contribution in [0.4, 0.5) is 0 Å². The van der Waals surface area contributed by atoms with Crippen LogP contribution in [-0.2, 0) is 5.60 Å². The van der Waals surface area contributed by atoms with Gasteiger partial charge in [-0.05, 0) is 25.5 Å². The maximum Gasteiger partial charge on any atom is 0.176 e. The van der Waals surface area contributed by atoms with E-state index in [-0.39, 0.29) is 12.3 Å². The third-order valence-electron chi connectivity index (χ3n) is 2.08. The van der Waals surface area contributed by atoms with Crippen molar-refractivity contribution in [1.29, 1.82) is 0 Å². The van der Waals surface area contributed by atoms with Crippen molar-refractivity contribution in [3.8, 4) is 0 Å². The van der Waals surface area contributed by atoms with E-state index in [9.17, 15) is 9.90 Å². The fourth-order valence-corrected chi connectivity index (χ4v) is 1.19. The fourth-order valence-electron chi connectivity index (χ4n) is 1.19. The van der Waals surface area contributed by atoms with E-state index in [0.717, 1.165) is 5.56 Å². The van der Waals surface area contributed by atoms with Crippen molar-refractivity contribution in [2.45, 2.75) is 19.4 Å². The number of hydrogen-bond acceptors (Lipinski definition) is 3. The molecule has 0 aliphatic carbocycles. The lowest BCUT2D eigenvalue weighted by Crippen LogP contribution is -2.18. The summed E-state index contributed by atoms with van der Waals surface area (Å²) in [6, 6.07) is 6.91. The molecular weight excluding hydrogens is 178 g/mol. The summed E-state index contributed by atoms with van der Waals surface area (Å²) in [5.74, 6) is -0.115. The molecule has 1 aromatic carbocycles. The Morgan fingerprint density at radius 1 is 1.50 bits per heavy atom. The largest absolute Gasteiger partial charge is 0.386 e. The van der Waals surface area contributed by atoms with E-state index in [1.54, 1.807) is 38.1 Å². The summed E-state index contributed by atoms with van der Waals surface area (Å²) in [5.41, 5.74) is 5.59. The molecule has 0 aliphatic heterocycles. The van der Waals surface area contributed by atoms with Crippen molar-refractivity contribution in [1.82, 2.24) is 0 Å². The van der Waals surface area contributed by atoms with Crippen LogP contribution in [0.3, 0.4) is 0 Å². The molecule has 0 atom stereocenters. The van der Waals surface area contributed by atoms with Gasteiger partial charge in [-0.1, -0.05) is 18.2 Å². The number of rotatable bonds is 3. The van der Waals surface area contributed by atoms with E-state index in [0.29, 0.717) is 5.56 Å². The van der Waals surface area contributed by atoms with Gasteiger partial charge in [0.2, 0.25) is 0 Å². The second-order valence-corrected chi connectivity index (χ2v) is 3.77. The number of hydrogen-bond donors (Lipinski definition) is 2. The Balaban J connectivity index is 3.08. The Morgan fingerprint density at radius 2 is 2.14 bits per heavy atom. The van der Waals surface area contributed by atoms with Crippen LogP contribution in [0.1, 0.15) is 29.8 Å². The second-order valence-electron chi connectivity index (χ2n) is 3.77. The second kappa shape index (κ2) is 3.90. The highest BCUT2D eigenvalue weighted by molar-refractivity contribution is 5.97. The van der Waals surface area contributed by atoms with E-state index in [1.807, 2.05) is 0 Å². The lowest BCUT2D eigenvalue weighted by molar-refractivity contribution is 0.0785. The van der Waals surface area contributed by atoms with Crippen LogP contribution >= 0.6 is 0 Å². The Kier molecular flexibility index (Phi) is 3.03. The van der Waals surface area contributed by atoms with Crippen molar-refractivity contribution in [3.05, 3.63) is 35.4 Å². The van der Waals surface area contributed by atoms with Gasteiger partial charge in [-0.3, -0.25) is 4.79 Å². The highest BCUT2D eigenvalue weighted by Gasteiger charge is 2.16. The van der Waals surface area contributed by atoms with Gasteiger partial charge in [-0.2, -0.15) is 0 Å². The summed E-state index contributed by atoms with van der Waals surface area (Å²) in [7, 11) is 0. The van der Waals surface area contributed by atoms with Gasteiger partial charge in [-0.25, -0.2) is 0 Å². The molecule has 0 heterocycles. The maximum absolute atomic E-state index is 11.3. The Bertz CT molecular complexity index is 339. The number of aliphatic hydroxyl groups is 1. The van der Waals surface area contributed by atoms with Gasteiger partial charge < -0.3 is 10.8 Å². The van der Waals surface area contributed by atoms with Crippen molar-refractivity contribution >= 4 is 5.78 Å². The molecule has 3 heteroatoms. The Morgan fingerprint density at radius 3 is 2.64 bits per heavy atom. The van der Waals surface area contributed by atoms with Crippen LogP contribution in [-0.4, -0.2) is 17.4 Å². The minimum atomic E-state index is -0.926. The van der Waals surface area contributed by atoms with Crippen molar-refractivity contribution < 1.29 is 9.90 Å². The van der Waals surface area contributed by atoms with Crippen LogP contribution in [0.25, 0.3) is 0 Å². The molecule has 0 aliphatic rings. The summed E-state index contributed by atoms with van der Waals surface area (Å²) >= 11 is 0. The molecule has 1 aromatic rings. The molecule has 0 saturated heterocycles. The van der Waals surface area contributed by atoms with Crippen LogP contribution in [0.2, 0.25) is 0 Å². The lowest BCUT2D eigenvalue weighted by Gasteiger charge is -2.18. The van der Waals surface area contributed by atoms with Crippen molar-refractivity contribution in [2.24, 2.45) is 5.73 Å². The van der Waals surface area contributed by atoms with Gasteiger partial charge in [-0.15, -0.1) is 0 Å². The van der Waals surface area contributed by atoms with E-state index in [2.05, 4.69) is 0 Å². The van der Waals surface area contributed by atoms with E-state index < -0.39 is 5.60 Å². The zero-order valence-electron chi connectivity index (χ0n) is 8.45. The van der Waals surface area contributed by atoms with E-state index in [4.69, 9.17) is 5.73 Å². The van der Waals surface area contributed by atoms with Gasteiger partial charge in [0.05, 0.1) is 12.1 Å². The van der Waals surface area contributed by atoms with E-state index >= 15 is 0 Å². The molecule has 76 valence electrons. The molecular formula is C11H15NO2. The summed E-state index contributed by atoms with van der Waals surface area (Å²) < 4.78 is 0.